The van der Waals surface area contributed by atoms with Crippen LogP contribution >= 0.6 is 0 Å². The Hall–Kier alpha value is -3.05. The van der Waals surface area contributed by atoms with Crippen LogP contribution < -0.4 is 10.1 Å². The number of amides is 1. The van der Waals surface area contributed by atoms with Gasteiger partial charge in [-0.3, -0.25) is 4.79 Å². The molecule has 1 heterocycles. The van der Waals surface area contributed by atoms with Crippen molar-refractivity contribution in [3.8, 4) is 16.9 Å². The molecule has 0 fully saturated rings. The maximum atomic E-state index is 12.0. The molecule has 0 bridgehead atoms. The van der Waals surface area contributed by atoms with Gasteiger partial charge in [0.25, 0.3) is 5.91 Å². The van der Waals surface area contributed by atoms with Crippen LogP contribution in [0.5, 0.6) is 5.75 Å². The van der Waals surface area contributed by atoms with Gasteiger partial charge in [-0.05, 0) is 49.5 Å². The van der Waals surface area contributed by atoms with E-state index in [4.69, 9.17) is 9.15 Å². The van der Waals surface area contributed by atoms with Crippen LogP contribution in [0.4, 0.5) is 0 Å². The minimum Gasteiger partial charge on any atom is -0.483 e. The van der Waals surface area contributed by atoms with Gasteiger partial charge in [0.1, 0.15) is 11.5 Å². The lowest BCUT2D eigenvalue weighted by molar-refractivity contribution is -0.123. The third-order valence-electron chi connectivity index (χ3n) is 4.05. The Balaban J connectivity index is 1.67. The Labute approximate surface area is 159 Å². The van der Waals surface area contributed by atoms with E-state index in [9.17, 15) is 4.79 Å². The van der Waals surface area contributed by atoms with E-state index in [1.54, 1.807) is 12.3 Å². The SMILES string of the molecule is CN(C)Cc1cc(-c2ccccc2)ccc1OCC(=O)NCc1ccco1. The van der Waals surface area contributed by atoms with Gasteiger partial charge in [0, 0.05) is 12.1 Å². The van der Waals surface area contributed by atoms with Crippen LogP contribution in [0, 0.1) is 0 Å². The summed E-state index contributed by atoms with van der Waals surface area (Å²) < 4.78 is 11.0. The number of rotatable bonds is 8. The number of nitrogens with zero attached hydrogens (tertiary/aromatic N) is 1. The molecule has 2 aromatic carbocycles. The molecule has 1 amide bonds. The van der Waals surface area contributed by atoms with Gasteiger partial charge in [-0.2, -0.15) is 0 Å². The number of hydrogen-bond acceptors (Lipinski definition) is 4. The van der Waals surface area contributed by atoms with E-state index in [0.717, 1.165) is 29.0 Å². The molecule has 3 aromatic rings. The zero-order valence-electron chi connectivity index (χ0n) is 15.6. The van der Waals surface area contributed by atoms with Crippen LogP contribution in [0.25, 0.3) is 11.1 Å². The molecule has 0 aliphatic carbocycles. The highest BCUT2D eigenvalue weighted by atomic mass is 16.5. The first-order chi connectivity index (χ1) is 13.1. The molecule has 0 aliphatic rings. The van der Waals surface area contributed by atoms with E-state index >= 15 is 0 Å². The van der Waals surface area contributed by atoms with Crippen molar-refractivity contribution in [2.45, 2.75) is 13.1 Å². The minimum absolute atomic E-state index is 0.0359. The van der Waals surface area contributed by atoms with Crippen molar-refractivity contribution in [2.75, 3.05) is 20.7 Å². The second-order valence-corrected chi connectivity index (χ2v) is 6.57. The largest absolute Gasteiger partial charge is 0.483 e. The Morgan fingerprint density at radius 1 is 1.04 bits per heavy atom. The highest BCUT2D eigenvalue weighted by Gasteiger charge is 2.10. The fourth-order valence-electron chi connectivity index (χ4n) is 2.79. The lowest BCUT2D eigenvalue weighted by atomic mass is 10.0. The van der Waals surface area contributed by atoms with Crippen LogP contribution in [0.1, 0.15) is 11.3 Å². The zero-order valence-corrected chi connectivity index (χ0v) is 15.6. The molecule has 0 radical (unpaired) electrons. The summed E-state index contributed by atoms with van der Waals surface area (Å²) in [6.07, 6.45) is 1.58. The van der Waals surface area contributed by atoms with E-state index < -0.39 is 0 Å². The van der Waals surface area contributed by atoms with Gasteiger partial charge in [0.2, 0.25) is 0 Å². The minimum atomic E-state index is -0.186. The lowest BCUT2D eigenvalue weighted by Crippen LogP contribution is -2.28. The van der Waals surface area contributed by atoms with Gasteiger partial charge < -0.3 is 19.4 Å². The molecule has 0 saturated heterocycles. The van der Waals surface area contributed by atoms with Gasteiger partial charge in [-0.1, -0.05) is 36.4 Å². The fourth-order valence-corrected chi connectivity index (χ4v) is 2.79. The third-order valence-corrected chi connectivity index (χ3v) is 4.05. The van der Waals surface area contributed by atoms with Crippen molar-refractivity contribution in [1.82, 2.24) is 10.2 Å². The first kappa shape index (κ1) is 18.7. The molecule has 3 rings (SSSR count). The molecule has 0 atom stereocenters. The van der Waals surface area contributed by atoms with Gasteiger partial charge in [0.05, 0.1) is 12.8 Å². The number of hydrogen-bond donors (Lipinski definition) is 1. The molecule has 5 heteroatoms. The maximum Gasteiger partial charge on any atom is 0.258 e. The van der Waals surface area contributed by atoms with E-state index in [1.165, 1.54) is 0 Å². The van der Waals surface area contributed by atoms with Gasteiger partial charge in [-0.15, -0.1) is 0 Å². The number of carbonyl (C=O) groups is 1. The van der Waals surface area contributed by atoms with Crippen LogP contribution in [-0.2, 0) is 17.9 Å². The standard InChI is InChI=1S/C22H24N2O3/c1-24(2)15-19-13-18(17-7-4-3-5-8-17)10-11-21(19)27-16-22(25)23-14-20-9-6-12-26-20/h3-13H,14-16H2,1-2H3,(H,23,25). The van der Waals surface area contributed by atoms with E-state index in [1.807, 2.05) is 50.5 Å². The predicted molar refractivity (Wildman–Crippen MR) is 105 cm³/mol. The molecule has 5 nitrogen and oxygen atoms in total. The second-order valence-electron chi connectivity index (χ2n) is 6.57. The summed E-state index contributed by atoms with van der Waals surface area (Å²) in [6, 6.07) is 19.9. The highest BCUT2D eigenvalue weighted by Crippen LogP contribution is 2.27. The third kappa shape index (κ3) is 5.46. The lowest BCUT2D eigenvalue weighted by Gasteiger charge is -2.16. The van der Waals surface area contributed by atoms with Crippen molar-refractivity contribution in [3.05, 3.63) is 78.3 Å². The monoisotopic (exact) mass is 364 g/mol. The van der Waals surface area contributed by atoms with Crippen LogP contribution in [0.3, 0.4) is 0 Å². The predicted octanol–water partition coefficient (Wildman–Crippen LogP) is 3.70. The van der Waals surface area contributed by atoms with Crippen molar-refractivity contribution >= 4 is 5.91 Å². The molecular formula is C22H24N2O3. The maximum absolute atomic E-state index is 12.0. The average molecular weight is 364 g/mol. The first-order valence-corrected chi connectivity index (χ1v) is 8.87. The summed E-state index contributed by atoms with van der Waals surface area (Å²) in [5.74, 6) is 1.25. The van der Waals surface area contributed by atoms with Crippen molar-refractivity contribution in [2.24, 2.45) is 0 Å². The highest BCUT2D eigenvalue weighted by molar-refractivity contribution is 5.77. The molecule has 0 unspecified atom stereocenters. The van der Waals surface area contributed by atoms with E-state index in [0.29, 0.717) is 12.3 Å². The van der Waals surface area contributed by atoms with Crippen LogP contribution in [0.15, 0.2) is 71.3 Å². The summed E-state index contributed by atoms with van der Waals surface area (Å²) in [6.45, 7) is 1.04. The number of nitrogens with one attached hydrogen (secondary N) is 1. The first-order valence-electron chi connectivity index (χ1n) is 8.87. The summed E-state index contributed by atoms with van der Waals surface area (Å²) in [5.41, 5.74) is 3.32. The molecule has 140 valence electrons. The Kier molecular flexibility index (Phi) is 6.28. The second kappa shape index (κ2) is 9.05. The molecule has 0 spiro atoms. The summed E-state index contributed by atoms with van der Waals surface area (Å²) in [4.78, 5) is 14.1. The summed E-state index contributed by atoms with van der Waals surface area (Å²) in [5, 5.41) is 2.78. The van der Waals surface area contributed by atoms with Crippen molar-refractivity contribution < 1.29 is 13.9 Å². The molecule has 27 heavy (non-hydrogen) atoms. The van der Waals surface area contributed by atoms with Crippen molar-refractivity contribution in [3.63, 3.8) is 0 Å². The summed E-state index contributed by atoms with van der Waals surface area (Å²) >= 11 is 0. The van der Waals surface area contributed by atoms with E-state index in [2.05, 4.69) is 28.4 Å². The Bertz CT molecular complexity index is 859. The number of ether oxygens (including phenoxy) is 1. The Morgan fingerprint density at radius 2 is 1.85 bits per heavy atom. The number of carbonyl (C=O) groups excluding carboxylic acids is 1. The van der Waals surface area contributed by atoms with Crippen LogP contribution in [0.2, 0.25) is 0 Å². The van der Waals surface area contributed by atoms with Crippen molar-refractivity contribution in [1.29, 1.82) is 0 Å². The number of benzene rings is 2. The molecule has 0 saturated carbocycles. The molecule has 0 aliphatic heterocycles. The zero-order chi connectivity index (χ0) is 19.1. The smallest absolute Gasteiger partial charge is 0.258 e. The topological polar surface area (TPSA) is 54.7 Å². The van der Waals surface area contributed by atoms with Gasteiger partial charge >= 0.3 is 0 Å². The van der Waals surface area contributed by atoms with Gasteiger partial charge in [-0.25, -0.2) is 0 Å². The molecular weight excluding hydrogens is 340 g/mol. The van der Waals surface area contributed by atoms with Crippen LogP contribution in [-0.4, -0.2) is 31.5 Å². The molecule has 1 aromatic heterocycles. The normalized spacial score (nSPS) is 10.8. The Morgan fingerprint density at radius 3 is 2.56 bits per heavy atom. The fraction of sp³-hybridized carbons (Fsp3) is 0.227. The molecule has 1 N–H and O–H groups in total. The average Bonchev–Trinajstić information content (AvgIpc) is 3.19. The van der Waals surface area contributed by atoms with E-state index in [-0.39, 0.29) is 12.5 Å². The quantitative estimate of drug-likeness (QED) is 0.662. The van der Waals surface area contributed by atoms with Gasteiger partial charge in [0.15, 0.2) is 6.61 Å². The number of furan rings is 1. The summed E-state index contributed by atoms with van der Waals surface area (Å²) in [7, 11) is 4.02.